The number of guanidine groups is 1. The monoisotopic (exact) mass is 407 g/mol. The van der Waals surface area contributed by atoms with Crippen LogP contribution in [0, 0.1) is 0 Å². The molecule has 0 saturated carbocycles. The van der Waals surface area contributed by atoms with Gasteiger partial charge in [-0.25, -0.2) is 15.0 Å². The van der Waals surface area contributed by atoms with Crippen molar-refractivity contribution in [1.82, 2.24) is 20.6 Å². The van der Waals surface area contributed by atoms with Crippen molar-refractivity contribution in [1.29, 1.82) is 0 Å². The highest BCUT2D eigenvalue weighted by Crippen LogP contribution is 2.24. The van der Waals surface area contributed by atoms with Gasteiger partial charge in [0, 0.05) is 57.5 Å². The lowest BCUT2D eigenvalue weighted by atomic mass is 10.3. The third kappa shape index (κ3) is 5.80. The molecule has 9 heteroatoms. The Balaban J connectivity index is 1.48. The Morgan fingerprint density at radius 1 is 1.15 bits per heavy atom. The van der Waals surface area contributed by atoms with E-state index >= 15 is 0 Å². The molecule has 1 fully saturated rings. The Morgan fingerprint density at radius 3 is 2.63 bits per heavy atom. The number of anilines is 2. The highest BCUT2D eigenvalue weighted by Gasteiger charge is 2.15. The molecule has 0 radical (unpaired) electrons. The van der Waals surface area contributed by atoms with Crippen LogP contribution in [-0.4, -0.2) is 56.2 Å². The number of nitrogens with zero attached hydrogens (tertiary/aromatic N) is 5. The second-order valence-corrected chi connectivity index (χ2v) is 8.38. The summed E-state index contributed by atoms with van der Waals surface area (Å²) in [4.78, 5) is 18.4. The number of rotatable bonds is 8. The van der Waals surface area contributed by atoms with Crippen LogP contribution in [0.3, 0.4) is 0 Å². The molecule has 3 rings (SSSR count). The summed E-state index contributed by atoms with van der Waals surface area (Å²) in [6.07, 6.45) is 3.47. The van der Waals surface area contributed by atoms with E-state index in [-0.39, 0.29) is 0 Å². The lowest BCUT2D eigenvalue weighted by Crippen LogP contribution is -2.38. The van der Waals surface area contributed by atoms with Crippen LogP contribution in [0.25, 0.3) is 0 Å². The van der Waals surface area contributed by atoms with Crippen LogP contribution in [0.4, 0.5) is 10.3 Å². The molecule has 0 unspecified atom stereocenters. The number of hydrogen-bond donors (Lipinski definition) is 2. The fourth-order valence-electron chi connectivity index (χ4n) is 2.85. The van der Waals surface area contributed by atoms with Gasteiger partial charge in [-0.2, -0.15) is 0 Å². The zero-order valence-corrected chi connectivity index (χ0v) is 18.0. The lowest BCUT2D eigenvalue weighted by Gasteiger charge is -2.12. The van der Waals surface area contributed by atoms with E-state index in [9.17, 15) is 0 Å². The first-order chi connectivity index (χ1) is 13.2. The summed E-state index contributed by atoms with van der Waals surface area (Å²) in [6.45, 7) is 6.60. The van der Waals surface area contributed by atoms with Crippen LogP contribution in [0.5, 0.6) is 0 Å². The molecular weight excluding hydrogens is 378 g/mol. The molecule has 0 bridgehead atoms. The van der Waals surface area contributed by atoms with Gasteiger partial charge < -0.3 is 20.4 Å². The van der Waals surface area contributed by atoms with E-state index < -0.39 is 0 Å². The SMILES string of the molecule is CCNC(=NCc1csc(N(C)C)n1)NCCc1csc(N2CCCC2)n1. The molecule has 2 aromatic rings. The predicted octanol–water partition coefficient (Wildman–Crippen LogP) is 2.56. The summed E-state index contributed by atoms with van der Waals surface area (Å²) < 4.78 is 0. The quantitative estimate of drug-likeness (QED) is 0.518. The van der Waals surface area contributed by atoms with Gasteiger partial charge in [0.15, 0.2) is 16.2 Å². The Labute approximate surface area is 169 Å². The number of aromatic nitrogens is 2. The number of aliphatic imine (C=N–C) groups is 1. The maximum atomic E-state index is 4.78. The summed E-state index contributed by atoms with van der Waals surface area (Å²) in [7, 11) is 4.01. The highest BCUT2D eigenvalue weighted by molar-refractivity contribution is 7.14. The Kier molecular flexibility index (Phi) is 7.28. The van der Waals surface area contributed by atoms with Crippen LogP contribution in [0.1, 0.15) is 31.2 Å². The molecule has 0 spiro atoms. The Hall–Kier alpha value is -1.87. The molecule has 148 valence electrons. The van der Waals surface area contributed by atoms with Crippen LogP contribution < -0.4 is 20.4 Å². The summed E-state index contributed by atoms with van der Waals surface area (Å²) in [5.41, 5.74) is 2.15. The second kappa shape index (κ2) is 9.89. The van der Waals surface area contributed by atoms with Gasteiger partial charge in [-0.05, 0) is 19.8 Å². The first-order valence-corrected chi connectivity index (χ1v) is 11.2. The molecular formula is C18H29N7S2. The third-order valence-corrected chi connectivity index (χ3v) is 6.26. The maximum absolute atomic E-state index is 4.78. The molecule has 7 nitrogen and oxygen atoms in total. The number of hydrogen-bond acceptors (Lipinski definition) is 7. The van der Waals surface area contributed by atoms with E-state index in [1.54, 1.807) is 22.7 Å². The molecule has 1 saturated heterocycles. The molecule has 0 aromatic carbocycles. The summed E-state index contributed by atoms with van der Waals surface area (Å²) >= 11 is 3.40. The van der Waals surface area contributed by atoms with E-state index in [1.807, 2.05) is 19.0 Å². The second-order valence-electron chi connectivity index (χ2n) is 6.70. The third-order valence-electron chi connectivity index (χ3n) is 4.26. The smallest absolute Gasteiger partial charge is 0.191 e. The summed E-state index contributed by atoms with van der Waals surface area (Å²) in [5.74, 6) is 0.826. The standard InChI is InChI=1S/C18H29N7S2/c1-4-19-16(21-11-15-13-26-17(23-15)24(2)3)20-8-7-14-12-27-18(22-14)25-9-5-6-10-25/h12-13H,4-11H2,1-3H3,(H2,19,20,21). The van der Waals surface area contributed by atoms with E-state index in [2.05, 4.69) is 43.2 Å². The van der Waals surface area contributed by atoms with E-state index in [0.29, 0.717) is 6.54 Å². The maximum Gasteiger partial charge on any atom is 0.191 e. The molecule has 1 aliphatic rings. The Morgan fingerprint density at radius 2 is 1.93 bits per heavy atom. The molecule has 0 aliphatic carbocycles. The van der Waals surface area contributed by atoms with Gasteiger partial charge in [-0.15, -0.1) is 22.7 Å². The fourth-order valence-corrected chi connectivity index (χ4v) is 4.51. The summed E-state index contributed by atoms with van der Waals surface area (Å²) in [6, 6.07) is 0. The van der Waals surface area contributed by atoms with Crippen molar-refractivity contribution < 1.29 is 0 Å². The molecule has 27 heavy (non-hydrogen) atoms. The van der Waals surface area contributed by atoms with Crippen LogP contribution in [0.15, 0.2) is 15.8 Å². The summed E-state index contributed by atoms with van der Waals surface area (Å²) in [5, 5.41) is 13.1. The molecule has 1 aliphatic heterocycles. The van der Waals surface area contributed by atoms with Gasteiger partial charge in [-0.3, -0.25) is 0 Å². The minimum atomic E-state index is 0.579. The van der Waals surface area contributed by atoms with Gasteiger partial charge in [-0.1, -0.05) is 0 Å². The average Bonchev–Trinajstić information content (AvgIpc) is 3.39. The van der Waals surface area contributed by atoms with Gasteiger partial charge in [0.05, 0.1) is 17.9 Å². The first kappa shape index (κ1) is 19.9. The predicted molar refractivity (Wildman–Crippen MR) is 117 cm³/mol. The van der Waals surface area contributed by atoms with Crippen molar-refractivity contribution in [2.45, 2.75) is 32.7 Å². The topological polar surface area (TPSA) is 68.7 Å². The van der Waals surface area contributed by atoms with Crippen molar-refractivity contribution in [3.05, 3.63) is 22.1 Å². The normalized spacial score (nSPS) is 14.6. The highest BCUT2D eigenvalue weighted by atomic mass is 32.1. The van der Waals surface area contributed by atoms with Crippen LogP contribution in [-0.2, 0) is 13.0 Å². The molecule has 2 aromatic heterocycles. The Bertz CT molecular complexity index is 732. The number of nitrogens with one attached hydrogen (secondary N) is 2. The van der Waals surface area contributed by atoms with Gasteiger partial charge in [0.25, 0.3) is 0 Å². The molecule has 0 amide bonds. The van der Waals surface area contributed by atoms with E-state index in [0.717, 1.165) is 55.1 Å². The molecule has 0 atom stereocenters. The van der Waals surface area contributed by atoms with Gasteiger partial charge >= 0.3 is 0 Å². The largest absolute Gasteiger partial charge is 0.357 e. The van der Waals surface area contributed by atoms with Gasteiger partial charge in [0.2, 0.25) is 0 Å². The van der Waals surface area contributed by atoms with Crippen LogP contribution in [0.2, 0.25) is 0 Å². The van der Waals surface area contributed by atoms with E-state index in [1.165, 1.54) is 18.0 Å². The zero-order valence-electron chi connectivity index (χ0n) is 16.4. The van der Waals surface area contributed by atoms with Gasteiger partial charge in [0.1, 0.15) is 0 Å². The van der Waals surface area contributed by atoms with Crippen molar-refractivity contribution in [3.63, 3.8) is 0 Å². The van der Waals surface area contributed by atoms with Crippen molar-refractivity contribution >= 4 is 38.9 Å². The lowest BCUT2D eigenvalue weighted by molar-refractivity contribution is 0.787. The first-order valence-electron chi connectivity index (χ1n) is 9.49. The minimum absolute atomic E-state index is 0.579. The molecule has 3 heterocycles. The minimum Gasteiger partial charge on any atom is -0.357 e. The number of thiazole rings is 2. The fraction of sp³-hybridized carbons (Fsp3) is 0.611. The van der Waals surface area contributed by atoms with Crippen molar-refractivity contribution in [2.24, 2.45) is 4.99 Å². The average molecular weight is 408 g/mol. The van der Waals surface area contributed by atoms with Crippen molar-refractivity contribution in [2.75, 3.05) is 50.1 Å². The van der Waals surface area contributed by atoms with Crippen molar-refractivity contribution in [3.8, 4) is 0 Å². The van der Waals surface area contributed by atoms with Crippen LogP contribution >= 0.6 is 22.7 Å². The zero-order chi connectivity index (χ0) is 19.1. The molecule has 2 N–H and O–H groups in total. The van der Waals surface area contributed by atoms with E-state index in [4.69, 9.17) is 4.98 Å².